The second-order valence-corrected chi connectivity index (χ2v) is 5.75. The summed E-state index contributed by atoms with van der Waals surface area (Å²) in [5.74, 6) is 0.615. The molecule has 0 aromatic heterocycles. The van der Waals surface area contributed by atoms with Crippen molar-refractivity contribution in [1.82, 2.24) is 5.32 Å². The number of nitrogens with two attached hydrogens (primary N) is 1. The quantitative estimate of drug-likeness (QED) is 0.770. The normalized spacial score (nSPS) is 36.4. The van der Waals surface area contributed by atoms with Gasteiger partial charge in [-0.1, -0.05) is 19.8 Å². The second-order valence-electron chi connectivity index (χ2n) is 5.75. The van der Waals surface area contributed by atoms with Crippen LogP contribution in [0, 0.1) is 5.92 Å². The number of nitrogens with one attached hydrogen (secondary N) is 1. The van der Waals surface area contributed by atoms with E-state index in [2.05, 4.69) is 12.2 Å². The molecule has 3 nitrogen and oxygen atoms in total. The molecule has 0 aliphatic heterocycles. The summed E-state index contributed by atoms with van der Waals surface area (Å²) in [5.41, 5.74) is 5.24. The van der Waals surface area contributed by atoms with Crippen molar-refractivity contribution < 1.29 is 4.79 Å². The minimum Gasteiger partial charge on any atom is -0.368 e. The molecular weight excluding hydrogens is 200 g/mol. The number of primary amides is 1. The van der Waals surface area contributed by atoms with Crippen LogP contribution in [-0.2, 0) is 4.79 Å². The Morgan fingerprint density at radius 3 is 2.25 bits per heavy atom. The SMILES string of the molecule is CC1CCC(NC2CCCC2)(C(N)=O)CC1. The van der Waals surface area contributed by atoms with Crippen LogP contribution in [0.5, 0.6) is 0 Å². The summed E-state index contributed by atoms with van der Waals surface area (Å²) >= 11 is 0. The summed E-state index contributed by atoms with van der Waals surface area (Å²) in [6.07, 6.45) is 9.13. The average molecular weight is 224 g/mol. The number of carbonyl (C=O) groups is 1. The summed E-state index contributed by atoms with van der Waals surface area (Å²) in [6.45, 7) is 2.26. The van der Waals surface area contributed by atoms with Crippen molar-refractivity contribution >= 4 is 5.91 Å². The molecule has 2 rings (SSSR count). The molecule has 0 saturated heterocycles. The zero-order valence-electron chi connectivity index (χ0n) is 10.3. The Kier molecular flexibility index (Phi) is 3.53. The van der Waals surface area contributed by atoms with Crippen molar-refractivity contribution in [3.05, 3.63) is 0 Å². The van der Waals surface area contributed by atoms with Gasteiger partial charge in [0, 0.05) is 6.04 Å². The summed E-state index contributed by atoms with van der Waals surface area (Å²) in [5, 5.41) is 3.58. The molecule has 0 aromatic rings. The van der Waals surface area contributed by atoms with E-state index in [9.17, 15) is 4.79 Å². The molecule has 2 saturated carbocycles. The molecule has 0 unspecified atom stereocenters. The van der Waals surface area contributed by atoms with Gasteiger partial charge in [-0.3, -0.25) is 4.79 Å². The third-order valence-corrected chi connectivity index (χ3v) is 4.44. The van der Waals surface area contributed by atoms with Gasteiger partial charge in [0.2, 0.25) is 5.91 Å². The van der Waals surface area contributed by atoms with E-state index in [4.69, 9.17) is 5.73 Å². The standard InChI is InChI=1S/C13H24N2O/c1-10-6-8-13(9-7-10,12(14)16)15-11-4-2-3-5-11/h10-11,15H,2-9H2,1H3,(H2,14,16). The van der Waals surface area contributed by atoms with Crippen LogP contribution in [0.3, 0.4) is 0 Å². The molecule has 0 atom stereocenters. The maximum atomic E-state index is 11.7. The van der Waals surface area contributed by atoms with E-state index >= 15 is 0 Å². The third kappa shape index (κ3) is 2.40. The molecule has 3 N–H and O–H groups in total. The first-order valence-electron chi connectivity index (χ1n) is 6.70. The lowest BCUT2D eigenvalue weighted by molar-refractivity contribution is -0.126. The Morgan fingerprint density at radius 1 is 1.19 bits per heavy atom. The zero-order chi connectivity index (χ0) is 11.6. The molecule has 2 fully saturated rings. The van der Waals surface area contributed by atoms with E-state index in [0.717, 1.165) is 31.6 Å². The summed E-state index contributed by atoms with van der Waals surface area (Å²) in [7, 11) is 0. The number of hydrogen-bond acceptors (Lipinski definition) is 2. The highest BCUT2D eigenvalue weighted by Gasteiger charge is 2.41. The fraction of sp³-hybridized carbons (Fsp3) is 0.923. The van der Waals surface area contributed by atoms with Gasteiger partial charge in [0.25, 0.3) is 0 Å². The van der Waals surface area contributed by atoms with E-state index in [0.29, 0.717) is 6.04 Å². The number of amides is 1. The van der Waals surface area contributed by atoms with Gasteiger partial charge < -0.3 is 11.1 Å². The Morgan fingerprint density at radius 2 is 1.75 bits per heavy atom. The minimum atomic E-state index is -0.387. The lowest BCUT2D eigenvalue weighted by Crippen LogP contribution is -2.59. The number of hydrogen-bond donors (Lipinski definition) is 2. The van der Waals surface area contributed by atoms with Crippen LogP contribution >= 0.6 is 0 Å². The highest BCUT2D eigenvalue weighted by molar-refractivity contribution is 5.84. The largest absolute Gasteiger partial charge is 0.368 e. The van der Waals surface area contributed by atoms with Crippen LogP contribution in [0.25, 0.3) is 0 Å². The fourth-order valence-electron chi connectivity index (χ4n) is 3.18. The monoisotopic (exact) mass is 224 g/mol. The first-order chi connectivity index (χ1) is 7.62. The summed E-state index contributed by atoms with van der Waals surface area (Å²) in [4.78, 5) is 11.7. The average Bonchev–Trinajstić information content (AvgIpc) is 2.74. The first kappa shape index (κ1) is 11.9. The molecule has 16 heavy (non-hydrogen) atoms. The molecule has 92 valence electrons. The Bertz CT molecular complexity index is 251. The summed E-state index contributed by atoms with van der Waals surface area (Å²) in [6, 6.07) is 0.529. The Labute approximate surface area is 98.2 Å². The smallest absolute Gasteiger partial charge is 0.237 e. The van der Waals surface area contributed by atoms with Gasteiger partial charge in [-0.05, 0) is 44.4 Å². The molecule has 0 spiro atoms. The van der Waals surface area contributed by atoms with Crippen molar-refractivity contribution in [3.8, 4) is 0 Å². The molecule has 0 aromatic carbocycles. The van der Waals surface area contributed by atoms with E-state index in [1.807, 2.05) is 0 Å². The van der Waals surface area contributed by atoms with Gasteiger partial charge in [-0.2, -0.15) is 0 Å². The van der Waals surface area contributed by atoms with Crippen LogP contribution in [0.2, 0.25) is 0 Å². The highest BCUT2D eigenvalue weighted by Crippen LogP contribution is 2.33. The molecular formula is C13H24N2O. The van der Waals surface area contributed by atoms with Crippen molar-refractivity contribution in [2.24, 2.45) is 11.7 Å². The molecule has 0 heterocycles. The van der Waals surface area contributed by atoms with Gasteiger partial charge in [-0.15, -0.1) is 0 Å². The minimum absolute atomic E-state index is 0.133. The third-order valence-electron chi connectivity index (χ3n) is 4.44. The predicted molar refractivity (Wildman–Crippen MR) is 64.9 cm³/mol. The lowest BCUT2D eigenvalue weighted by Gasteiger charge is -2.39. The maximum Gasteiger partial charge on any atom is 0.237 e. The van der Waals surface area contributed by atoms with Crippen molar-refractivity contribution in [2.75, 3.05) is 0 Å². The lowest BCUT2D eigenvalue weighted by atomic mass is 9.76. The van der Waals surface area contributed by atoms with E-state index in [-0.39, 0.29) is 11.4 Å². The number of rotatable bonds is 3. The molecule has 1 amide bonds. The summed E-state index contributed by atoms with van der Waals surface area (Å²) < 4.78 is 0. The van der Waals surface area contributed by atoms with Crippen LogP contribution in [-0.4, -0.2) is 17.5 Å². The zero-order valence-corrected chi connectivity index (χ0v) is 10.3. The highest BCUT2D eigenvalue weighted by atomic mass is 16.1. The van der Waals surface area contributed by atoms with Gasteiger partial charge in [0.05, 0.1) is 5.54 Å². The molecule has 0 bridgehead atoms. The topological polar surface area (TPSA) is 55.1 Å². The molecule has 0 radical (unpaired) electrons. The predicted octanol–water partition coefficient (Wildman–Crippen LogP) is 1.95. The van der Waals surface area contributed by atoms with E-state index < -0.39 is 0 Å². The maximum absolute atomic E-state index is 11.7. The fourth-order valence-corrected chi connectivity index (χ4v) is 3.18. The second kappa shape index (κ2) is 4.74. The van der Waals surface area contributed by atoms with Gasteiger partial charge in [0.1, 0.15) is 0 Å². The first-order valence-corrected chi connectivity index (χ1v) is 6.70. The van der Waals surface area contributed by atoms with Crippen LogP contribution < -0.4 is 11.1 Å². The van der Waals surface area contributed by atoms with Crippen molar-refractivity contribution in [1.29, 1.82) is 0 Å². The van der Waals surface area contributed by atoms with Crippen LogP contribution in [0.15, 0.2) is 0 Å². The van der Waals surface area contributed by atoms with Crippen molar-refractivity contribution in [2.45, 2.75) is 69.9 Å². The number of carbonyl (C=O) groups excluding carboxylic acids is 1. The van der Waals surface area contributed by atoms with E-state index in [1.54, 1.807) is 0 Å². The molecule has 2 aliphatic rings. The Hall–Kier alpha value is -0.570. The Balaban J connectivity index is 2.00. The van der Waals surface area contributed by atoms with Crippen LogP contribution in [0.4, 0.5) is 0 Å². The van der Waals surface area contributed by atoms with Gasteiger partial charge in [0.15, 0.2) is 0 Å². The van der Waals surface area contributed by atoms with E-state index in [1.165, 1.54) is 25.7 Å². The van der Waals surface area contributed by atoms with Gasteiger partial charge >= 0.3 is 0 Å². The van der Waals surface area contributed by atoms with Gasteiger partial charge in [-0.25, -0.2) is 0 Å². The van der Waals surface area contributed by atoms with Crippen LogP contribution in [0.1, 0.15) is 58.3 Å². The van der Waals surface area contributed by atoms with Crippen molar-refractivity contribution in [3.63, 3.8) is 0 Å². The molecule has 3 heteroatoms. The molecule has 2 aliphatic carbocycles.